The van der Waals surface area contributed by atoms with Crippen LogP contribution in [0.25, 0.3) is 11.5 Å². The minimum atomic E-state index is -0.540. The van der Waals surface area contributed by atoms with Gasteiger partial charge in [0.15, 0.2) is 0 Å². The van der Waals surface area contributed by atoms with E-state index in [2.05, 4.69) is 10.1 Å². The van der Waals surface area contributed by atoms with Crippen LogP contribution in [0.4, 0.5) is 0 Å². The summed E-state index contributed by atoms with van der Waals surface area (Å²) in [6.45, 7) is 6.02. The SMILES string of the molecule is Cc1ccc(Cn2nc(C)c(C(=O)OCc3nc(-c4ccccc4)oc3C)c2Cl)cc1. The van der Waals surface area contributed by atoms with Crippen molar-refractivity contribution in [1.29, 1.82) is 0 Å². The molecule has 2 heterocycles. The van der Waals surface area contributed by atoms with Crippen molar-refractivity contribution in [3.63, 3.8) is 0 Å². The molecule has 158 valence electrons. The van der Waals surface area contributed by atoms with E-state index in [1.807, 2.05) is 61.5 Å². The van der Waals surface area contributed by atoms with Gasteiger partial charge in [-0.25, -0.2) is 14.5 Å². The third-order valence-electron chi connectivity index (χ3n) is 4.98. The second-order valence-electron chi connectivity index (χ2n) is 7.36. The molecule has 7 heteroatoms. The van der Waals surface area contributed by atoms with Crippen LogP contribution in [-0.4, -0.2) is 20.7 Å². The maximum absolute atomic E-state index is 12.7. The largest absolute Gasteiger partial charge is 0.455 e. The number of esters is 1. The molecule has 0 spiro atoms. The number of carbonyl (C=O) groups is 1. The molecule has 2 aromatic heterocycles. The van der Waals surface area contributed by atoms with Crippen LogP contribution in [0.2, 0.25) is 5.15 Å². The van der Waals surface area contributed by atoms with E-state index in [4.69, 9.17) is 20.8 Å². The van der Waals surface area contributed by atoms with Crippen molar-refractivity contribution in [2.24, 2.45) is 0 Å². The van der Waals surface area contributed by atoms with E-state index in [-0.39, 0.29) is 17.3 Å². The zero-order valence-corrected chi connectivity index (χ0v) is 18.3. The summed E-state index contributed by atoms with van der Waals surface area (Å²) >= 11 is 6.47. The van der Waals surface area contributed by atoms with Gasteiger partial charge in [-0.05, 0) is 38.5 Å². The first kappa shape index (κ1) is 20.9. The van der Waals surface area contributed by atoms with Crippen LogP contribution in [-0.2, 0) is 17.9 Å². The Hall–Kier alpha value is -3.38. The summed E-state index contributed by atoms with van der Waals surface area (Å²) in [6, 6.07) is 17.6. The Morgan fingerprint density at radius 3 is 2.48 bits per heavy atom. The number of benzene rings is 2. The lowest BCUT2D eigenvalue weighted by Gasteiger charge is -2.05. The Morgan fingerprint density at radius 2 is 1.77 bits per heavy atom. The van der Waals surface area contributed by atoms with Crippen molar-refractivity contribution < 1.29 is 13.9 Å². The fourth-order valence-corrected chi connectivity index (χ4v) is 3.54. The lowest BCUT2D eigenvalue weighted by Crippen LogP contribution is -2.08. The lowest BCUT2D eigenvalue weighted by atomic mass is 10.1. The summed E-state index contributed by atoms with van der Waals surface area (Å²) in [6.07, 6.45) is 0. The highest BCUT2D eigenvalue weighted by Crippen LogP contribution is 2.24. The Bertz CT molecular complexity index is 1210. The van der Waals surface area contributed by atoms with E-state index in [0.29, 0.717) is 29.6 Å². The minimum Gasteiger partial charge on any atom is -0.455 e. The first-order valence-electron chi connectivity index (χ1n) is 9.89. The Labute approximate surface area is 185 Å². The van der Waals surface area contributed by atoms with Gasteiger partial charge in [0.2, 0.25) is 5.89 Å². The highest BCUT2D eigenvalue weighted by Gasteiger charge is 2.23. The molecular weight excluding hydrogens is 414 g/mol. The summed E-state index contributed by atoms with van der Waals surface area (Å²) in [4.78, 5) is 17.2. The quantitative estimate of drug-likeness (QED) is 0.373. The van der Waals surface area contributed by atoms with Crippen molar-refractivity contribution >= 4 is 17.6 Å². The highest BCUT2D eigenvalue weighted by molar-refractivity contribution is 6.32. The summed E-state index contributed by atoms with van der Waals surface area (Å²) < 4.78 is 12.8. The Kier molecular flexibility index (Phi) is 5.91. The summed E-state index contributed by atoms with van der Waals surface area (Å²) in [5.41, 5.74) is 4.42. The molecule has 0 aliphatic rings. The lowest BCUT2D eigenvalue weighted by molar-refractivity contribution is 0.0466. The Morgan fingerprint density at radius 1 is 1.06 bits per heavy atom. The molecule has 0 radical (unpaired) electrons. The number of nitrogens with zero attached hydrogens (tertiary/aromatic N) is 3. The molecule has 31 heavy (non-hydrogen) atoms. The number of carbonyl (C=O) groups excluding carboxylic acids is 1. The maximum Gasteiger partial charge on any atom is 0.343 e. The van der Waals surface area contributed by atoms with Crippen LogP contribution in [0, 0.1) is 20.8 Å². The number of rotatable bonds is 6. The number of aromatic nitrogens is 3. The molecule has 0 unspecified atom stereocenters. The van der Waals surface area contributed by atoms with Crippen molar-refractivity contribution in [2.75, 3.05) is 0 Å². The fraction of sp³-hybridized carbons (Fsp3) is 0.208. The van der Waals surface area contributed by atoms with Crippen molar-refractivity contribution in [1.82, 2.24) is 14.8 Å². The molecule has 2 aromatic carbocycles. The number of hydrogen-bond acceptors (Lipinski definition) is 5. The molecule has 0 aliphatic carbocycles. The van der Waals surface area contributed by atoms with Gasteiger partial charge in [-0.1, -0.05) is 59.6 Å². The van der Waals surface area contributed by atoms with Crippen LogP contribution in [0.15, 0.2) is 59.0 Å². The van der Waals surface area contributed by atoms with Gasteiger partial charge in [0.05, 0.1) is 12.2 Å². The van der Waals surface area contributed by atoms with Gasteiger partial charge in [0.1, 0.15) is 28.8 Å². The van der Waals surface area contributed by atoms with Gasteiger partial charge in [-0.15, -0.1) is 0 Å². The van der Waals surface area contributed by atoms with Gasteiger partial charge in [0.25, 0.3) is 0 Å². The third-order valence-corrected chi connectivity index (χ3v) is 5.36. The predicted octanol–water partition coefficient (Wildman–Crippen LogP) is 5.52. The summed E-state index contributed by atoms with van der Waals surface area (Å²) in [5.74, 6) is 0.551. The molecule has 0 saturated carbocycles. The highest BCUT2D eigenvalue weighted by atomic mass is 35.5. The van der Waals surface area contributed by atoms with E-state index in [9.17, 15) is 4.79 Å². The van der Waals surface area contributed by atoms with Gasteiger partial charge in [-0.3, -0.25) is 0 Å². The monoisotopic (exact) mass is 435 g/mol. The Balaban J connectivity index is 1.47. The number of aryl methyl sites for hydroxylation is 3. The average Bonchev–Trinajstić information content (AvgIpc) is 3.27. The zero-order chi connectivity index (χ0) is 22.0. The smallest absolute Gasteiger partial charge is 0.343 e. The van der Waals surface area contributed by atoms with E-state index in [1.165, 1.54) is 5.56 Å². The molecule has 0 amide bonds. The molecule has 0 aliphatic heterocycles. The summed E-state index contributed by atoms with van der Waals surface area (Å²) in [7, 11) is 0. The molecule has 0 saturated heterocycles. The molecule has 0 bridgehead atoms. The molecular formula is C24H22ClN3O3. The van der Waals surface area contributed by atoms with Crippen molar-refractivity contribution in [3.8, 4) is 11.5 Å². The maximum atomic E-state index is 12.7. The standard InChI is InChI=1S/C24H22ClN3O3/c1-15-9-11-18(12-10-15)13-28-22(25)21(16(2)27-28)24(29)30-14-20-17(3)31-23(26-20)19-7-5-4-6-8-19/h4-12H,13-14H2,1-3H3. The second kappa shape index (κ2) is 8.78. The number of oxazole rings is 1. The first-order valence-corrected chi connectivity index (χ1v) is 10.3. The van der Waals surface area contributed by atoms with Gasteiger partial charge in [-0.2, -0.15) is 5.10 Å². The van der Waals surface area contributed by atoms with E-state index in [0.717, 1.165) is 11.1 Å². The minimum absolute atomic E-state index is 0.0140. The number of ether oxygens (including phenoxy) is 1. The normalized spacial score (nSPS) is 11.0. The average molecular weight is 436 g/mol. The van der Waals surface area contributed by atoms with E-state index < -0.39 is 5.97 Å². The molecule has 6 nitrogen and oxygen atoms in total. The molecule has 4 rings (SSSR count). The van der Waals surface area contributed by atoms with Gasteiger partial charge in [0, 0.05) is 5.56 Å². The first-order chi connectivity index (χ1) is 14.9. The predicted molar refractivity (Wildman–Crippen MR) is 118 cm³/mol. The van der Waals surface area contributed by atoms with Crippen LogP contribution in [0.5, 0.6) is 0 Å². The van der Waals surface area contributed by atoms with Crippen LogP contribution in [0.3, 0.4) is 0 Å². The van der Waals surface area contributed by atoms with Crippen LogP contribution < -0.4 is 0 Å². The van der Waals surface area contributed by atoms with Crippen molar-refractivity contribution in [2.45, 2.75) is 33.9 Å². The second-order valence-corrected chi connectivity index (χ2v) is 7.72. The molecule has 0 fully saturated rings. The molecule has 0 N–H and O–H groups in total. The third kappa shape index (κ3) is 4.54. The number of hydrogen-bond donors (Lipinski definition) is 0. The summed E-state index contributed by atoms with van der Waals surface area (Å²) in [5, 5.41) is 4.67. The van der Waals surface area contributed by atoms with Crippen molar-refractivity contribution in [3.05, 3.63) is 93.6 Å². The molecule has 4 aromatic rings. The number of halogens is 1. The van der Waals surface area contributed by atoms with Gasteiger partial charge >= 0.3 is 5.97 Å². The topological polar surface area (TPSA) is 70.2 Å². The molecule has 0 atom stereocenters. The van der Waals surface area contributed by atoms with Crippen LogP contribution in [0.1, 0.15) is 38.6 Å². The fourth-order valence-electron chi connectivity index (χ4n) is 3.23. The van der Waals surface area contributed by atoms with E-state index >= 15 is 0 Å². The van der Waals surface area contributed by atoms with Gasteiger partial charge < -0.3 is 9.15 Å². The zero-order valence-electron chi connectivity index (χ0n) is 17.6. The van der Waals surface area contributed by atoms with E-state index in [1.54, 1.807) is 18.5 Å². The van der Waals surface area contributed by atoms with Crippen LogP contribution >= 0.6 is 11.6 Å².